The van der Waals surface area contributed by atoms with Gasteiger partial charge in [-0.1, -0.05) is 0 Å². The van der Waals surface area contributed by atoms with Crippen LogP contribution < -0.4 is 10.1 Å². The van der Waals surface area contributed by atoms with Gasteiger partial charge in [-0.15, -0.1) is 0 Å². The highest BCUT2D eigenvalue weighted by atomic mass is 16.7. The van der Waals surface area contributed by atoms with E-state index in [1.165, 1.54) is 0 Å². The van der Waals surface area contributed by atoms with Gasteiger partial charge in [-0.05, 0) is 26.0 Å². The second kappa shape index (κ2) is 7.09. The summed E-state index contributed by atoms with van der Waals surface area (Å²) in [4.78, 5) is 4.17. The highest BCUT2D eigenvalue weighted by Gasteiger charge is 2.17. The lowest BCUT2D eigenvalue weighted by Gasteiger charge is -2.23. The summed E-state index contributed by atoms with van der Waals surface area (Å²) in [5.41, 5.74) is 0.834. The average molecular weight is 240 g/mol. The van der Waals surface area contributed by atoms with Gasteiger partial charge in [0.2, 0.25) is 5.88 Å². The molecule has 0 radical (unpaired) electrons. The largest absolute Gasteiger partial charge is 0.476 e. The molecular weight excluding hydrogens is 220 g/mol. The highest BCUT2D eigenvalue weighted by Crippen LogP contribution is 2.22. The van der Waals surface area contributed by atoms with E-state index in [-0.39, 0.29) is 12.3 Å². The van der Waals surface area contributed by atoms with Crippen LogP contribution in [0.4, 0.5) is 5.69 Å². The Bertz CT molecular complexity index is 329. The van der Waals surface area contributed by atoms with Crippen molar-refractivity contribution < 1.29 is 14.2 Å². The maximum absolute atomic E-state index is 5.43. The molecule has 0 aliphatic heterocycles. The van der Waals surface area contributed by atoms with Crippen LogP contribution in [-0.2, 0) is 9.47 Å². The summed E-state index contributed by atoms with van der Waals surface area (Å²) in [6, 6.07) is 3.76. The molecule has 1 atom stereocenters. The molecule has 96 valence electrons. The maximum atomic E-state index is 5.43. The minimum Gasteiger partial charge on any atom is -0.476 e. The first-order chi connectivity index (χ1) is 8.22. The van der Waals surface area contributed by atoms with E-state index in [0.29, 0.717) is 12.5 Å². The highest BCUT2D eigenvalue weighted by molar-refractivity contribution is 5.52. The normalized spacial score (nSPS) is 12.5. The van der Waals surface area contributed by atoms with Gasteiger partial charge in [0.25, 0.3) is 0 Å². The van der Waals surface area contributed by atoms with E-state index in [1.54, 1.807) is 20.4 Å². The lowest BCUT2D eigenvalue weighted by Crippen LogP contribution is -2.33. The molecule has 0 saturated carbocycles. The number of hydrogen-bond acceptors (Lipinski definition) is 5. The minimum atomic E-state index is -0.315. The van der Waals surface area contributed by atoms with Gasteiger partial charge in [-0.25, -0.2) is 4.98 Å². The van der Waals surface area contributed by atoms with Crippen LogP contribution in [0.15, 0.2) is 18.3 Å². The number of nitrogens with one attached hydrogen (secondary N) is 1. The topological polar surface area (TPSA) is 52.6 Å². The van der Waals surface area contributed by atoms with Crippen molar-refractivity contribution in [2.24, 2.45) is 0 Å². The monoisotopic (exact) mass is 240 g/mol. The second-order valence-corrected chi connectivity index (χ2v) is 3.56. The molecule has 1 heterocycles. The zero-order valence-corrected chi connectivity index (χ0v) is 10.8. The van der Waals surface area contributed by atoms with Crippen LogP contribution in [0.5, 0.6) is 5.88 Å². The predicted octanol–water partition coefficient (Wildman–Crippen LogP) is 1.90. The second-order valence-electron chi connectivity index (χ2n) is 3.56. The van der Waals surface area contributed by atoms with Crippen molar-refractivity contribution in [3.8, 4) is 5.88 Å². The van der Waals surface area contributed by atoms with Crippen molar-refractivity contribution in [3.05, 3.63) is 18.3 Å². The fraction of sp³-hybridized carbons (Fsp3) is 0.583. The first-order valence-corrected chi connectivity index (χ1v) is 5.62. The van der Waals surface area contributed by atoms with Crippen LogP contribution in [0.2, 0.25) is 0 Å². The summed E-state index contributed by atoms with van der Waals surface area (Å²) in [6.45, 7) is 4.48. The molecule has 0 aromatic carbocycles. The van der Waals surface area contributed by atoms with Crippen molar-refractivity contribution in [3.63, 3.8) is 0 Å². The Kier molecular flexibility index (Phi) is 5.72. The smallest absolute Gasteiger partial charge is 0.237 e. The molecule has 1 rings (SSSR count). The summed E-state index contributed by atoms with van der Waals surface area (Å²) in [6.07, 6.45) is 1.38. The van der Waals surface area contributed by atoms with Crippen molar-refractivity contribution >= 4 is 5.69 Å². The summed E-state index contributed by atoms with van der Waals surface area (Å²) < 4.78 is 15.8. The Balaban J connectivity index is 2.72. The number of rotatable bonds is 7. The summed E-state index contributed by atoms with van der Waals surface area (Å²) in [5, 5.41) is 3.26. The van der Waals surface area contributed by atoms with Gasteiger partial charge < -0.3 is 19.5 Å². The van der Waals surface area contributed by atoms with E-state index >= 15 is 0 Å². The number of methoxy groups -OCH3 is 2. The predicted molar refractivity (Wildman–Crippen MR) is 66.3 cm³/mol. The lowest BCUT2D eigenvalue weighted by atomic mass is 10.3. The molecular formula is C12H20N2O3. The molecule has 17 heavy (non-hydrogen) atoms. The van der Waals surface area contributed by atoms with Crippen molar-refractivity contribution in [2.45, 2.75) is 26.2 Å². The van der Waals surface area contributed by atoms with Crippen molar-refractivity contribution in [1.82, 2.24) is 4.98 Å². The molecule has 0 bridgehead atoms. The van der Waals surface area contributed by atoms with Gasteiger partial charge in [0.05, 0.1) is 18.3 Å². The number of nitrogens with zero attached hydrogens (tertiary/aromatic N) is 1. The first kappa shape index (κ1) is 13.7. The fourth-order valence-corrected chi connectivity index (χ4v) is 1.57. The van der Waals surface area contributed by atoms with Crippen molar-refractivity contribution in [2.75, 3.05) is 26.1 Å². The quantitative estimate of drug-likeness (QED) is 0.738. The molecule has 0 saturated heterocycles. The van der Waals surface area contributed by atoms with Crippen LogP contribution in [0, 0.1) is 0 Å². The van der Waals surface area contributed by atoms with E-state index in [4.69, 9.17) is 14.2 Å². The third kappa shape index (κ3) is 3.87. The van der Waals surface area contributed by atoms with Crippen LogP contribution in [0.25, 0.3) is 0 Å². The number of hydrogen-bond donors (Lipinski definition) is 1. The summed E-state index contributed by atoms with van der Waals surface area (Å²) in [5.74, 6) is 0.591. The molecule has 0 fully saturated rings. The standard InChI is InChI=1S/C12H20N2O3/c1-5-17-11-10(7-6-8-13-11)14-9(2)12(15-3)16-4/h6-9,12,14H,5H2,1-4H3. The van der Waals surface area contributed by atoms with Gasteiger partial charge in [-0.2, -0.15) is 0 Å². The van der Waals surface area contributed by atoms with Crippen LogP contribution >= 0.6 is 0 Å². The molecule has 1 aromatic rings. The molecule has 5 nitrogen and oxygen atoms in total. The van der Waals surface area contributed by atoms with Gasteiger partial charge in [-0.3, -0.25) is 0 Å². The van der Waals surface area contributed by atoms with Crippen LogP contribution in [0.1, 0.15) is 13.8 Å². The third-order valence-corrected chi connectivity index (χ3v) is 2.31. The van der Waals surface area contributed by atoms with Crippen molar-refractivity contribution in [1.29, 1.82) is 0 Å². The zero-order valence-electron chi connectivity index (χ0n) is 10.8. The molecule has 0 amide bonds. The fourth-order valence-electron chi connectivity index (χ4n) is 1.57. The molecule has 0 aliphatic rings. The Morgan fingerprint density at radius 2 is 2.06 bits per heavy atom. The molecule has 1 N–H and O–H groups in total. The molecule has 0 spiro atoms. The first-order valence-electron chi connectivity index (χ1n) is 5.62. The van der Waals surface area contributed by atoms with E-state index in [2.05, 4.69) is 10.3 Å². The molecule has 1 aromatic heterocycles. The third-order valence-electron chi connectivity index (χ3n) is 2.31. The van der Waals surface area contributed by atoms with Gasteiger partial charge in [0, 0.05) is 20.4 Å². The summed E-state index contributed by atoms with van der Waals surface area (Å²) in [7, 11) is 3.22. The maximum Gasteiger partial charge on any atom is 0.237 e. The Labute approximate surface area is 102 Å². The zero-order chi connectivity index (χ0) is 12.7. The number of aromatic nitrogens is 1. The Morgan fingerprint density at radius 1 is 1.35 bits per heavy atom. The molecule has 1 unspecified atom stereocenters. The number of pyridine rings is 1. The molecule has 0 aliphatic carbocycles. The number of anilines is 1. The summed E-state index contributed by atoms with van der Waals surface area (Å²) >= 11 is 0. The Morgan fingerprint density at radius 3 is 2.65 bits per heavy atom. The van der Waals surface area contributed by atoms with E-state index in [1.807, 2.05) is 26.0 Å². The average Bonchev–Trinajstić information content (AvgIpc) is 2.33. The van der Waals surface area contributed by atoms with Gasteiger partial charge >= 0.3 is 0 Å². The van der Waals surface area contributed by atoms with Gasteiger partial charge in [0.15, 0.2) is 6.29 Å². The van der Waals surface area contributed by atoms with E-state index in [9.17, 15) is 0 Å². The van der Waals surface area contributed by atoms with Crippen LogP contribution in [0.3, 0.4) is 0 Å². The van der Waals surface area contributed by atoms with Crippen LogP contribution in [-0.4, -0.2) is 38.1 Å². The number of ether oxygens (including phenoxy) is 3. The minimum absolute atomic E-state index is 0.00611. The Hall–Kier alpha value is -1.33. The van der Waals surface area contributed by atoms with E-state index in [0.717, 1.165) is 5.69 Å². The SMILES string of the molecule is CCOc1ncccc1NC(C)C(OC)OC. The molecule has 5 heteroatoms. The van der Waals surface area contributed by atoms with E-state index < -0.39 is 0 Å². The van der Waals surface area contributed by atoms with Gasteiger partial charge in [0.1, 0.15) is 0 Å². The lowest BCUT2D eigenvalue weighted by molar-refractivity contribution is -0.109.